The molecule has 6 nitrogen and oxygen atoms in total. The van der Waals surface area contributed by atoms with Crippen molar-refractivity contribution in [3.8, 4) is 0 Å². The monoisotopic (exact) mass is 294 g/mol. The van der Waals surface area contributed by atoms with Crippen LogP contribution in [0.2, 0.25) is 0 Å². The van der Waals surface area contributed by atoms with Crippen LogP contribution in [0.15, 0.2) is 6.07 Å². The van der Waals surface area contributed by atoms with E-state index < -0.39 is 5.97 Å². The number of aromatic nitrogens is 1. The summed E-state index contributed by atoms with van der Waals surface area (Å²) in [6.45, 7) is 2.09. The van der Waals surface area contributed by atoms with E-state index in [0.717, 1.165) is 36.9 Å². The highest BCUT2D eigenvalue weighted by Gasteiger charge is 2.18. The van der Waals surface area contributed by atoms with E-state index in [4.69, 9.17) is 9.47 Å². The first-order valence-electron chi connectivity index (χ1n) is 7.29. The van der Waals surface area contributed by atoms with Gasteiger partial charge in [-0.2, -0.15) is 0 Å². The Kier molecular flexibility index (Phi) is 5.95. The standard InChI is InChI=1S/C15H22N2O4/c1-20-8-9-21-7-6-16-14-12(15(18)19)10-11-4-2-3-5-13(11)17-14/h10H,2-9H2,1H3,(H,16,17)(H,18,19). The molecule has 21 heavy (non-hydrogen) atoms. The predicted octanol–water partition coefficient (Wildman–Crippen LogP) is 1.73. The van der Waals surface area contributed by atoms with Crippen molar-refractivity contribution in [2.75, 3.05) is 38.8 Å². The third-order valence-electron chi connectivity index (χ3n) is 3.50. The summed E-state index contributed by atoms with van der Waals surface area (Å²) in [5.41, 5.74) is 2.34. The third kappa shape index (κ3) is 4.41. The van der Waals surface area contributed by atoms with E-state index in [2.05, 4.69) is 10.3 Å². The minimum absolute atomic E-state index is 0.243. The molecule has 0 atom stereocenters. The number of ether oxygens (including phenoxy) is 2. The number of aromatic carboxylic acids is 1. The maximum atomic E-state index is 11.4. The summed E-state index contributed by atoms with van der Waals surface area (Å²) in [5.74, 6) is -0.503. The Hall–Kier alpha value is -1.66. The summed E-state index contributed by atoms with van der Waals surface area (Å²) >= 11 is 0. The van der Waals surface area contributed by atoms with Gasteiger partial charge in [0.15, 0.2) is 0 Å². The zero-order valence-electron chi connectivity index (χ0n) is 12.4. The van der Waals surface area contributed by atoms with E-state index in [0.29, 0.717) is 32.2 Å². The second-order valence-corrected chi connectivity index (χ2v) is 5.03. The van der Waals surface area contributed by atoms with Crippen molar-refractivity contribution in [3.05, 3.63) is 22.9 Å². The Morgan fingerprint density at radius 2 is 2.14 bits per heavy atom. The van der Waals surface area contributed by atoms with Crippen LogP contribution in [0, 0.1) is 0 Å². The van der Waals surface area contributed by atoms with E-state index in [9.17, 15) is 9.90 Å². The van der Waals surface area contributed by atoms with Gasteiger partial charge in [-0.15, -0.1) is 0 Å². The fraction of sp³-hybridized carbons (Fsp3) is 0.600. The predicted molar refractivity (Wildman–Crippen MR) is 79.0 cm³/mol. The number of hydrogen-bond acceptors (Lipinski definition) is 5. The number of carboxylic acids is 1. The molecule has 1 heterocycles. The first-order chi connectivity index (χ1) is 10.2. The highest BCUT2D eigenvalue weighted by Crippen LogP contribution is 2.24. The van der Waals surface area contributed by atoms with Crippen LogP contribution in [0.4, 0.5) is 5.82 Å². The van der Waals surface area contributed by atoms with Gasteiger partial charge < -0.3 is 19.9 Å². The molecular weight excluding hydrogens is 272 g/mol. The molecule has 0 saturated carbocycles. The Labute approximate surface area is 124 Å². The number of nitrogens with one attached hydrogen (secondary N) is 1. The van der Waals surface area contributed by atoms with Gasteiger partial charge in [-0.1, -0.05) is 0 Å². The lowest BCUT2D eigenvalue weighted by Crippen LogP contribution is -2.17. The van der Waals surface area contributed by atoms with Crippen molar-refractivity contribution >= 4 is 11.8 Å². The SMILES string of the molecule is COCCOCCNc1nc2c(cc1C(=O)O)CCCC2. The van der Waals surface area contributed by atoms with E-state index >= 15 is 0 Å². The van der Waals surface area contributed by atoms with Gasteiger partial charge in [0.25, 0.3) is 0 Å². The highest BCUT2D eigenvalue weighted by atomic mass is 16.5. The van der Waals surface area contributed by atoms with E-state index in [1.54, 1.807) is 13.2 Å². The number of pyridine rings is 1. The van der Waals surface area contributed by atoms with E-state index in [-0.39, 0.29) is 5.56 Å². The summed E-state index contributed by atoms with van der Waals surface area (Å²) < 4.78 is 10.2. The fourth-order valence-electron chi connectivity index (χ4n) is 2.42. The van der Waals surface area contributed by atoms with Crippen LogP contribution in [0.3, 0.4) is 0 Å². The minimum Gasteiger partial charge on any atom is -0.478 e. The Balaban J connectivity index is 1.98. The molecule has 2 N–H and O–H groups in total. The van der Waals surface area contributed by atoms with Crippen LogP contribution in [0.1, 0.15) is 34.5 Å². The first-order valence-corrected chi connectivity index (χ1v) is 7.29. The molecule has 0 bridgehead atoms. The molecule has 0 fully saturated rings. The Morgan fingerprint density at radius 3 is 2.90 bits per heavy atom. The molecule has 1 aliphatic carbocycles. The molecule has 0 saturated heterocycles. The van der Waals surface area contributed by atoms with Crippen LogP contribution in [0.5, 0.6) is 0 Å². The Morgan fingerprint density at radius 1 is 1.33 bits per heavy atom. The highest BCUT2D eigenvalue weighted by molar-refractivity contribution is 5.93. The molecule has 116 valence electrons. The smallest absolute Gasteiger partial charge is 0.339 e. The number of anilines is 1. The summed E-state index contributed by atoms with van der Waals surface area (Å²) in [4.78, 5) is 15.9. The molecule has 6 heteroatoms. The summed E-state index contributed by atoms with van der Waals surface area (Å²) in [6, 6.07) is 1.76. The lowest BCUT2D eigenvalue weighted by molar-refractivity contribution is 0.0696. The quantitative estimate of drug-likeness (QED) is 0.711. The van der Waals surface area contributed by atoms with Crippen molar-refractivity contribution in [2.45, 2.75) is 25.7 Å². The van der Waals surface area contributed by atoms with E-state index in [1.165, 1.54) is 0 Å². The molecule has 0 amide bonds. The molecule has 0 aromatic carbocycles. The number of carbonyl (C=O) groups is 1. The number of nitrogens with zero attached hydrogens (tertiary/aromatic N) is 1. The molecule has 1 aliphatic rings. The second kappa shape index (κ2) is 7.95. The number of aryl methyl sites for hydroxylation is 2. The largest absolute Gasteiger partial charge is 0.478 e. The van der Waals surface area contributed by atoms with Crippen molar-refractivity contribution in [1.82, 2.24) is 4.98 Å². The van der Waals surface area contributed by atoms with Crippen molar-refractivity contribution in [1.29, 1.82) is 0 Å². The molecular formula is C15H22N2O4. The zero-order valence-corrected chi connectivity index (χ0v) is 12.4. The normalized spacial score (nSPS) is 13.8. The van der Waals surface area contributed by atoms with Gasteiger partial charge in [0.2, 0.25) is 0 Å². The molecule has 0 aliphatic heterocycles. The number of hydrogen-bond donors (Lipinski definition) is 2. The lowest BCUT2D eigenvalue weighted by Gasteiger charge is -2.18. The topological polar surface area (TPSA) is 80.7 Å². The molecule has 0 spiro atoms. The average molecular weight is 294 g/mol. The van der Waals surface area contributed by atoms with Crippen molar-refractivity contribution in [2.24, 2.45) is 0 Å². The fourth-order valence-corrected chi connectivity index (χ4v) is 2.42. The zero-order chi connectivity index (χ0) is 15.1. The maximum Gasteiger partial charge on any atom is 0.339 e. The lowest BCUT2D eigenvalue weighted by atomic mass is 9.95. The molecule has 0 radical (unpaired) electrons. The Bertz CT molecular complexity index is 491. The van der Waals surface area contributed by atoms with Crippen LogP contribution < -0.4 is 5.32 Å². The molecule has 1 aromatic heterocycles. The maximum absolute atomic E-state index is 11.4. The first kappa shape index (κ1) is 15.7. The number of methoxy groups -OCH3 is 1. The van der Waals surface area contributed by atoms with Gasteiger partial charge >= 0.3 is 5.97 Å². The van der Waals surface area contributed by atoms with Gasteiger partial charge in [0.1, 0.15) is 11.4 Å². The van der Waals surface area contributed by atoms with Crippen molar-refractivity contribution in [3.63, 3.8) is 0 Å². The van der Waals surface area contributed by atoms with Crippen LogP contribution in [-0.4, -0.2) is 49.5 Å². The summed E-state index contributed by atoms with van der Waals surface area (Å²) in [6.07, 6.45) is 4.07. The number of rotatable bonds is 8. The van der Waals surface area contributed by atoms with Crippen LogP contribution >= 0.6 is 0 Å². The third-order valence-corrected chi connectivity index (χ3v) is 3.50. The van der Waals surface area contributed by atoms with Crippen LogP contribution in [-0.2, 0) is 22.3 Å². The number of carboxylic acid groups (broad SMARTS) is 1. The van der Waals surface area contributed by atoms with Gasteiger partial charge in [-0.3, -0.25) is 0 Å². The van der Waals surface area contributed by atoms with Crippen LogP contribution in [0.25, 0.3) is 0 Å². The van der Waals surface area contributed by atoms with Gasteiger partial charge in [-0.25, -0.2) is 9.78 Å². The minimum atomic E-state index is -0.946. The molecule has 0 unspecified atom stereocenters. The summed E-state index contributed by atoms with van der Waals surface area (Å²) in [7, 11) is 1.62. The summed E-state index contributed by atoms with van der Waals surface area (Å²) in [5, 5.41) is 12.4. The van der Waals surface area contributed by atoms with E-state index in [1.807, 2.05) is 0 Å². The molecule has 2 rings (SSSR count). The second-order valence-electron chi connectivity index (χ2n) is 5.03. The average Bonchev–Trinajstić information content (AvgIpc) is 2.49. The van der Waals surface area contributed by atoms with Gasteiger partial charge in [0.05, 0.1) is 19.8 Å². The van der Waals surface area contributed by atoms with Gasteiger partial charge in [-0.05, 0) is 37.3 Å². The molecule has 1 aromatic rings. The van der Waals surface area contributed by atoms with Crippen molar-refractivity contribution < 1.29 is 19.4 Å². The van der Waals surface area contributed by atoms with Gasteiger partial charge in [0, 0.05) is 19.3 Å². The number of fused-ring (bicyclic) bond motifs is 1.